The molecule has 0 aliphatic rings. The van der Waals surface area contributed by atoms with Crippen LogP contribution in [0.1, 0.15) is 35.3 Å². The molecule has 0 spiro atoms. The summed E-state index contributed by atoms with van der Waals surface area (Å²) in [7, 11) is 1.51. The summed E-state index contributed by atoms with van der Waals surface area (Å²) in [5, 5.41) is 4.03. The Bertz CT molecular complexity index is 1150. The van der Waals surface area contributed by atoms with Crippen molar-refractivity contribution in [2.24, 2.45) is 5.10 Å². The Hall–Kier alpha value is -4.07. The minimum atomic E-state index is -0.391. The van der Waals surface area contributed by atoms with Gasteiger partial charge in [0.2, 0.25) is 0 Å². The number of hydrogen-bond acceptors (Lipinski definition) is 6. The van der Waals surface area contributed by atoms with Crippen LogP contribution in [-0.4, -0.2) is 32.4 Å². The minimum Gasteiger partial charge on any atom is -0.493 e. The van der Waals surface area contributed by atoms with Crippen LogP contribution in [0.3, 0.4) is 0 Å². The van der Waals surface area contributed by atoms with E-state index >= 15 is 0 Å². The van der Waals surface area contributed by atoms with Gasteiger partial charge in [-0.1, -0.05) is 12.1 Å². The van der Waals surface area contributed by atoms with Gasteiger partial charge in [0.05, 0.1) is 26.5 Å². The Kier molecular flexibility index (Phi) is 8.85. The van der Waals surface area contributed by atoms with Crippen molar-refractivity contribution in [3.63, 3.8) is 0 Å². The van der Waals surface area contributed by atoms with Crippen molar-refractivity contribution in [1.29, 1.82) is 0 Å². The Labute approximate surface area is 198 Å². The van der Waals surface area contributed by atoms with Gasteiger partial charge in [0.1, 0.15) is 12.4 Å². The molecule has 0 atom stereocenters. The zero-order valence-corrected chi connectivity index (χ0v) is 19.3. The molecule has 1 N–H and O–H groups in total. The molecule has 0 saturated heterocycles. The molecule has 0 heterocycles. The second-order valence-corrected chi connectivity index (χ2v) is 7.06. The largest absolute Gasteiger partial charge is 0.493 e. The molecule has 0 bridgehead atoms. The molecular weight excluding hydrogens is 439 g/mol. The summed E-state index contributed by atoms with van der Waals surface area (Å²) < 4.78 is 35.6. The summed E-state index contributed by atoms with van der Waals surface area (Å²) in [5.74, 6) is 1.36. The van der Waals surface area contributed by atoms with E-state index in [0.717, 1.165) is 0 Å². The fraction of sp³-hybridized carbons (Fsp3) is 0.231. The first-order valence-electron chi connectivity index (χ1n) is 10.8. The van der Waals surface area contributed by atoms with Gasteiger partial charge in [0.15, 0.2) is 23.0 Å². The summed E-state index contributed by atoms with van der Waals surface area (Å²) in [4.78, 5) is 12.4. The maximum absolute atomic E-state index is 13.4. The molecule has 0 saturated carbocycles. The smallest absolute Gasteiger partial charge is 0.271 e. The molecule has 3 aromatic rings. The van der Waals surface area contributed by atoms with Crippen LogP contribution in [0.25, 0.3) is 0 Å². The average molecular weight is 467 g/mol. The van der Waals surface area contributed by atoms with Gasteiger partial charge in [-0.15, -0.1) is 0 Å². The maximum Gasteiger partial charge on any atom is 0.271 e. The Morgan fingerprint density at radius 1 is 0.912 bits per heavy atom. The number of halogens is 1. The van der Waals surface area contributed by atoms with Crippen LogP contribution in [0.5, 0.6) is 23.0 Å². The van der Waals surface area contributed by atoms with Crippen molar-refractivity contribution in [3.8, 4) is 23.0 Å². The van der Waals surface area contributed by atoms with Crippen LogP contribution in [0.4, 0.5) is 4.39 Å². The van der Waals surface area contributed by atoms with Crippen molar-refractivity contribution in [1.82, 2.24) is 5.43 Å². The molecule has 0 aromatic heterocycles. The Morgan fingerprint density at radius 2 is 1.65 bits per heavy atom. The number of nitrogens with zero attached hydrogens (tertiary/aromatic N) is 1. The fourth-order valence-electron chi connectivity index (χ4n) is 3.09. The number of rotatable bonds is 11. The molecular formula is C26H27FN2O5. The van der Waals surface area contributed by atoms with Crippen LogP contribution in [0.2, 0.25) is 0 Å². The van der Waals surface area contributed by atoms with E-state index in [4.69, 9.17) is 18.9 Å². The number of nitrogens with one attached hydrogen (secondary N) is 1. The van der Waals surface area contributed by atoms with Gasteiger partial charge < -0.3 is 18.9 Å². The predicted octanol–water partition coefficient (Wildman–Crippen LogP) is 4.97. The summed E-state index contributed by atoms with van der Waals surface area (Å²) in [6.45, 7) is 4.86. The van der Waals surface area contributed by atoms with Crippen LogP contribution in [0.15, 0.2) is 65.8 Å². The lowest BCUT2D eigenvalue weighted by Crippen LogP contribution is -2.17. The highest BCUT2D eigenvalue weighted by molar-refractivity contribution is 5.95. The summed E-state index contributed by atoms with van der Waals surface area (Å²) >= 11 is 0. The zero-order chi connectivity index (χ0) is 24.3. The third kappa shape index (κ3) is 6.71. The first-order valence-corrected chi connectivity index (χ1v) is 10.8. The highest BCUT2D eigenvalue weighted by Crippen LogP contribution is 2.29. The summed E-state index contributed by atoms with van der Waals surface area (Å²) in [6, 6.07) is 16.4. The summed E-state index contributed by atoms with van der Waals surface area (Å²) in [5.41, 5.74) is 4.29. The molecule has 3 rings (SSSR count). The number of hydrazone groups is 1. The van der Waals surface area contributed by atoms with Gasteiger partial charge in [-0.2, -0.15) is 5.10 Å². The molecule has 7 nitrogen and oxygen atoms in total. The van der Waals surface area contributed by atoms with E-state index in [9.17, 15) is 9.18 Å². The van der Waals surface area contributed by atoms with Gasteiger partial charge in [0, 0.05) is 5.56 Å². The van der Waals surface area contributed by atoms with Gasteiger partial charge in [-0.05, 0) is 73.5 Å². The van der Waals surface area contributed by atoms with Gasteiger partial charge in [0.25, 0.3) is 5.91 Å². The molecule has 178 valence electrons. The van der Waals surface area contributed by atoms with E-state index in [0.29, 0.717) is 52.9 Å². The maximum atomic E-state index is 13.4. The van der Waals surface area contributed by atoms with E-state index in [1.165, 1.54) is 25.5 Å². The van der Waals surface area contributed by atoms with Gasteiger partial charge >= 0.3 is 0 Å². The van der Waals surface area contributed by atoms with E-state index in [1.54, 1.807) is 48.5 Å². The Balaban J connectivity index is 1.66. The van der Waals surface area contributed by atoms with Crippen molar-refractivity contribution in [2.75, 3.05) is 20.3 Å². The highest BCUT2D eigenvalue weighted by Gasteiger charge is 2.11. The van der Waals surface area contributed by atoms with Crippen molar-refractivity contribution in [3.05, 3.63) is 83.2 Å². The second kappa shape index (κ2) is 12.2. The quantitative estimate of drug-likeness (QED) is 0.319. The zero-order valence-electron chi connectivity index (χ0n) is 19.3. The molecule has 1 amide bonds. The molecule has 3 aromatic carbocycles. The number of carbonyl (C=O) groups excluding carboxylic acids is 1. The number of ether oxygens (including phenoxy) is 4. The van der Waals surface area contributed by atoms with E-state index in [1.807, 2.05) is 13.8 Å². The van der Waals surface area contributed by atoms with Crippen LogP contribution < -0.4 is 24.4 Å². The number of benzene rings is 3. The second-order valence-electron chi connectivity index (χ2n) is 7.06. The van der Waals surface area contributed by atoms with Gasteiger partial charge in [-0.3, -0.25) is 4.79 Å². The number of carbonyl (C=O) groups is 1. The molecule has 0 unspecified atom stereocenters. The van der Waals surface area contributed by atoms with Crippen LogP contribution in [-0.2, 0) is 6.61 Å². The lowest BCUT2D eigenvalue weighted by Gasteiger charge is -2.12. The number of hydrogen-bond donors (Lipinski definition) is 1. The molecule has 0 aliphatic carbocycles. The van der Waals surface area contributed by atoms with Crippen molar-refractivity contribution < 1.29 is 28.1 Å². The van der Waals surface area contributed by atoms with Crippen LogP contribution >= 0.6 is 0 Å². The normalized spacial score (nSPS) is 10.7. The average Bonchev–Trinajstić information content (AvgIpc) is 2.84. The third-order valence-electron chi connectivity index (χ3n) is 4.66. The van der Waals surface area contributed by atoms with E-state index in [-0.39, 0.29) is 12.4 Å². The summed E-state index contributed by atoms with van der Waals surface area (Å²) in [6.07, 6.45) is 1.50. The van der Waals surface area contributed by atoms with E-state index in [2.05, 4.69) is 10.5 Å². The fourth-order valence-corrected chi connectivity index (χ4v) is 3.09. The van der Waals surface area contributed by atoms with Crippen molar-refractivity contribution in [2.45, 2.75) is 20.5 Å². The number of methoxy groups -OCH3 is 1. The monoisotopic (exact) mass is 466 g/mol. The van der Waals surface area contributed by atoms with E-state index < -0.39 is 5.91 Å². The first kappa shape index (κ1) is 24.6. The molecule has 0 radical (unpaired) electrons. The molecule has 0 aliphatic heterocycles. The molecule has 0 fully saturated rings. The lowest BCUT2D eigenvalue weighted by molar-refractivity contribution is 0.0954. The SMILES string of the molecule is CCOc1ccc(C(=O)N/N=C/c2ccc(OCc3cccc(F)c3)c(OCC)c2)cc1OC. The third-order valence-corrected chi connectivity index (χ3v) is 4.66. The molecule has 34 heavy (non-hydrogen) atoms. The predicted molar refractivity (Wildman–Crippen MR) is 128 cm³/mol. The highest BCUT2D eigenvalue weighted by atomic mass is 19.1. The number of amides is 1. The standard InChI is InChI=1S/C26H27FN2O5/c1-4-32-22-12-10-20(15-24(22)31-3)26(30)29-28-16-18-9-11-23(25(14-18)33-5-2)34-17-19-7-6-8-21(27)13-19/h6-16H,4-5,17H2,1-3H3,(H,29,30)/b28-16+. The van der Waals surface area contributed by atoms with Gasteiger partial charge in [-0.25, -0.2) is 9.82 Å². The Morgan fingerprint density at radius 3 is 2.38 bits per heavy atom. The first-order chi connectivity index (χ1) is 16.5. The molecule has 8 heteroatoms. The minimum absolute atomic E-state index is 0.201. The van der Waals surface area contributed by atoms with Crippen molar-refractivity contribution >= 4 is 12.1 Å². The topological polar surface area (TPSA) is 78.4 Å². The van der Waals surface area contributed by atoms with Crippen LogP contribution in [0, 0.1) is 5.82 Å². The lowest BCUT2D eigenvalue weighted by atomic mass is 10.2.